The lowest BCUT2D eigenvalue weighted by Crippen LogP contribution is -2.51. The Bertz CT molecular complexity index is 958. The summed E-state index contributed by atoms with van der Waals surface area (Å²) in [5.74, 6) is -2.36. The van der Waals surface area contributed by atoms with E-state index in [1.54, 1.807) is 36.9 Å². The van der Waals surface area contributed by atoms with Crippen LogP contribution < -0.4 is 4.74 Å². The minimum absolute atomic E-state index is 0.0916. The van der Waals surface area contributed by atoms with E-state index in [0.29, 0.717) is 23.8 Å². The molecule has 1 fully saturated rings. The third-order valence-electron chi connectivity index (χ3n) is 5.73. The molecule has 1 N–H and O–H groups in total. The van der Waals surface area contributed by atoms with Gasteiger partial charge in [-0.1, -0.05) is 30.3 Å². The van der Waals surface area contributed by atoms with Crippen LogP contribution in [0.5, 0.6) is 5.75 Å². The summed E-state index contributed by atoms with van der Waals surface area (Å²) in [4.78, 5) is 15.2. The summed E-state index contributed by atoms with van der Waals surface area (Å²) in [5.41, 5.74) is 2.03. The molecule has 1 heterocycles. The Labute approximate surface area is 175 Å². The van der Waals surface area contributed by atoms with E-state index in [0.717, 1.165) is 36.5 Å². The molecule has 0 saturated heterocycles. The number of hydrogen-bond acceptors (Lipinski definition) is 3. The summed E-state index contributed by atoms with van der Waals surface area (Å²) in [5, 5.41) is 10.7. The van der Waals surface area contributed by atoms with Gasteiger partial charge in [0.15, 0.2) is 6.61 Å². The Kier molecular flexibility index (Phi) is 5.09. The molecule has 4 nitrogen and oxygen atoms in total. The highest BCUT2D eigenvalue weighted by Gasteiger charge is 2.48. The number of rotatable bonds is 7. The maximum absolute atomic E-state index is 13.4. The predicted molar refractivity (Wildman–Crippen MR) is 111 cm³/mol. The third-order valence-corrected chi connectivity index (χ3v) is 5.73. The molecule has 0 aromatic heterocycles. The van der Waals surface area contributed by atoms with E-state index in [4.69, 9.17) is 4.74 Å². The molecule has 1 aliphatic heterocycles. The molecule has 160 valence electrons. The van der Waals surface area contributed by atoms with Crippen molar-refractivity contribution in [1.82, 2.24) is 4.90 Å². The molecule has 2 aliphatic rings. The summed E-state index contributed by atoms with van der Waals surface area (Å²) in [6, 6.07) is 12.4. The van der Waals surface area contributed by atoms with Gasteiger partial charge in [0.25, 0.3) is 11.8 Å². The second-order valence-electron chi connectivity index (χ2n) is 9.10. The molecule has 0 spiro atoms. The van der Waals surface area contributed by atoms with Crippen LogP contribution in [0.25, 0.3) is 11.1 Å². The van der Waals surface area contributed by atoms with Gasteiger partial charge in [0.05, 0.1) is 17.2 Å². The first-order valence-electron chi connectivity index (χ1n) is 10.3. The lowest BCUT2D eigenvalue weighted by molar-refractivity contribution is -0.0230. The molecule has 1 aliphatic carbocycles. The molecule has 1 amide bonds. The number of benzene rings is 2. The van der Waals surface area contributed by atoms with Crippen molar-refractivity contribution in [3.8, 4) is 16.9 Å². The van der Waals surface area contributed by atoms with Gasteiger partial charge in [-0.05, 0) is 61.4 Å². The fourth-order valence-corrected chi connectivity index (χ4v) is 4.44. The minimum atomic E-state index is -2.92. The molecule has 1 saturated carbocycles. The number of nitrogens with zero attached hydrogens (tertiary/aromatic N) is 1. The van der Waals surface area contributed by atoms with Crippen molar-refractivity contribution in [3.05, 3.63) is 53.6 Å². The van der Waals surface area contributed by atoms with Gasteiger partial charge in [0.2, 0.25) is 0 Å². The largest absolute Gasteiger partial charge is 0.487 e. The fourth-order valence-electron chi connectivity index (χ4n) is 4.44. The van der Waals surface area contributed by atoms with E-state index < -0.39 is 18.1 Å². The number of halogens is 2. The lowest BCUT2D eigenvalue weighted by atomic mass is 9.92. The van der Waals surface area contributed by atoms with Crippen molar-refractivity contribution in [2.24, 2.45) is 5.92 Å². The van der Waals surface area contributed by atoms with E-state index in [9.17, 15) is 18.7 Å². The van der Waals surface area contributed by atoms with Crippen molar-refractivity contribution in [3.63, 3.8) is 0 Å². The highest BCUT2D eigenvalue weighted by atomic mass is 19.3. The molecular weight excluding hydrogens is 388 g/mol. The number of aliphatic hydroxyl groups is 1. The van der Waals surface area contributed by atoms with Gasteiger partial charge < -0.3 is 14.7 Å². The van der Waals surface area contributed by atoms with Gasteiger partial charge in [-0.2, -0.15) is 0 Å². The first-order valence-corrected chi connectivity index (χ1v) is 10.3. The average molecular weight is 415 g/mol. The van der Waals surface area contributed by atoms with Gasteiger partial charge >= 0.3 is 0 Å². The van der Waals surface area contributed by atoms with Crippen molar-refractivity contribution >= 4 is 5.91 Å². The SMILES string of the molecule is CC(F)(F)COc1cccc(-c2cccc3c2C(=O)N(C(C2CC2)C(C)(C)O)C3)c1. The molecule has 1 unspecified atom stereocenters. The highest BCUT2D eigenvalue weighted by molar-refractivity contribution is 6.04. The molecule has 0 radical (unpaired) electrons. The number of ether oxygens (including phenoxy) is 1. The van der Waals surface area contributed by atoms with Crippen LogP contribution in [-0.2, 0) is 6.54 Å². The van der Waals surface area contributed by atoms with Gasteiger partial charge in [-0.25, -0.2) is 8.78 Å². The second-order valence-corrected chi connectivity index (χ2v) is 9.10. The summed E-state index contributed by atoms with van der Waals surface area (Å²) in [6.07, 6.45) is 2.03. The lowest BCUT2D eigenvalue weighted by Gasteiger charge is -2.37. The zero-order valence-corrected chi connectivity index (χ0v) is 17.5. The molecule has 6 heteroatoms. The van der Waals surface area contributed by atoms with Crippen molar-refractivity contribution in [2.45, 2.75) is 57.7 Å². The van der Waals surface area contributed by atoms with Crippen molar-refractivity contribution < 1.29 is 23.4 Å². The number of amides is 1. The van der Waals surface area contributed by atoms with Crippen molar-refractivity contribution in [2.75, 3.05) is 6.61 Å². The maximum atomic E-state index is 13.4. The Morgan fingerprint density at radius 1 is 1.17 bits per heavy atom. The predicted octanol–water partition coefficient (Wildman–Crippen LogP) is 4.89. The molecule has 4 rings (SSSR count). The number of carbonyl (C=O) groups excluding carboxylic acids is 1. The van der Waals surface area contributed by atoms with E-state index >= 15 is 0 Å². The number of fused-ring (bicyclic) bond motifs is 1. The zero-order valence-electron chi connectivity index (χ0n) is 17.5. The Morgan fingerprint density at radius 2 is 1.87 bits per heavy atom. The van der Waals surface area contributed by atoms with Crippen LogP contribution in [0.4, 0.5) is 8.78 Å². The van der Waals surface area contributed by atoms with Crippen LogP contribution in [0.1, 0.15) is 49.5 Å². The molecule has 1 atom stereocenters. The summed E-state index contributed by atoms with van der Waals surface area (Å²) < 4.78 is 31.5. The van der Waals surface area contributed by atoms with Gasteiger partial charge in [0, 0.05) is 13.5 Å². The van der Waals surface area contributed by atoms with E-state index in [-0.39, 0.29) is 11.9 Å². The second kappa shape index (κ2) is 7.34. The topological polar surface area (TPSA) is 49.8 Å². The third kappa shape index (κ3) is 4.19. The Balaban J connectivity index is 1.66. The average Bonchev–Trinajstić information content (AvgIpc) is 3.43. The van der Waals surface area contributed by atoms with Crippen LogP contribution in [-0.4, -0.2) is 40.1 Å². The van der Waals surface area contributed by atoms with Gasteiger partial charge in [0.1, 0.15) is 5.75 Å². The van der Waals surface area contributed by atoms with Crippen LogP contribution in [0.15, 0.2) is 42.5 Å². The van der Waals surface area contributed by atoms with E-state index in [2.05, 4.69) is 0 Å². The summed E-state index contributed by atoms with van der Waals surface area (Å²) in [7, 11) is 0. The summed E-state index contributed by atoms with van der Waals surface area (Å²) in [6.45, 7) is 4.10. The number of hydrogen-bond donors (Lipinski definition) is 1. The number of carbonyl (C=O) groups is 1. The molecule has 2 aromatic rings. The number of alkyl halides is 2. The minimum Gasteiger partial charge on any atom is -0.487 e. The van der Waals surface area contributed by atoms with E-state index in [1.165, 1.54) is 0 Å². The quantitative estimate of drug-likeness (QED) is 0.700. The van der Waals surface area contributed by atoms with Crippen LogP contribution in [0, 0.1) is 5.92 Å². The van der Waals surface area contributed by atoms with Gasteiger partial charge in [-0.15, -0.1) is 0 Å². The van der Waals surface area contributed by atoms with Crippen LogP contribution in [0.3, 0.4) is 0 Å². The van der Waals surface area contributed by atoms with Gasteiger partial charge in [-0.3, -0.25) is 4.79 Å². The van der Waals surface area contributed by atoms with Crippen LogP contribution >= 0.6 is 0 Å². The summed E-state index contributed by atoms with van der Waals surface area (Å²) >= 11 is 0. The smallest absolute Gasteiger partial charge is 0.278 e. The zero-order chi connectivity index (χ0) is 21.7. The normalized spacial score (nSPS) is 17.8. The van der Waals surface area contributed by atoms with E-state index in [1.807, 2.05) is 24.3 Å². The van der Waals surface area contributed by atoms with Crippen molar-refractivity contribution in [1.29, 1.82) is 0 Å². The maximum Gasteiger partial charge on any atom is 0.278 e. The first kappa shape index (κ1) is 20.8. The molecular formula is C24H27F2NO3. The van der Waals surface area contributed by atoms with Crippen LogP contribution in [0.2, 0.25) is 0 Å². The Hall–Kier alpha value is -2.47. The highest BCUT2D eigenvalue weighted by Crippen LogP contribution is 2.44. The first-order chi connectivity index (χ1) is 14.0. The monoisotopic (exact) mass is 415 g/mol. The molecule has 2 aromatic carbocycles. The Morgan fingerprint density at radius 3 is 2.50 bits per heavy atom. The fraction of sp³-hybridized carbons (Fsp3) is 0.458. The molecule has 0 bridgehead atoms. The molecule has 30 heavy (non-hydrogen) atoms. The standard InChI is InChI=1S/C24H27F2NO3/c1-23(2,29)21(15-10-11-15)27-13-17-7-5-9-19(20(17)22(27)28)16-6-4-8-18(12-16)30-14-24(3,25)26/h4-9,12,15,21,29H,10-11,13-14H2,1-3H3.